The molecule has 1 aliphatic rings. The zero-order valence-corrected chi connectivity index (χ0v) is 20.7. The summed E-state index contributed by atoms with van der Waals surface area (Å²) in [5.41, 5.74) is 0.468. The summed E-state index contributed by atoms with van der Waals surface area (Å²) in [6, 6.07) is 8.53. The number of hydrogen-bond donors (Lipinski definition) is 2. The van der Waals surface area contributed by atoms with Crippen LogP contribution in [0.4, 0.5) is 5.69 Å². The van der Waals surface area contributed by atoms with Crippen LogP contribution in [-0.4, -0.2) is 70.1 Å². The molecule has 3 atom stereocenters. The second-order valence-electron chi connectivity index (χ2n) is 8.13. The molecule has 2 aromatic rings. The lowest BCUT2D eigenvalue weighted by Gasteiger charge is -2.30. The van der Waals surface area contributed by atoms with Crippen molar-refractivity contribution in [3.8, 4) is 0 Å². The number of sulfone groups is 2. The van der Waals surface area contributed by atoms with Gasteiger partial charge in [0, 0.05) is 25.2 Å². The van der Waals surface area contributed by atoms with Gasteiger partial charge in [-0.15, -0.1) is 0 Å². The summed E-state index contributed by atoms with van der Waals surface area (Å²) in [5, 5.41) is 4.70. The first-order valence-corrected chi connectivity index (χ1v) is 14.3. The molecule has 0 saturated carbocycles. The Morgan fingerprint density at radius 2 is 1.82 bits per heavy atom. The Hall–Kier alpha value is -2.21. The van der Waals surface area contributed by atoms with Crippen molar-refractivity contribution in [3.63, 3.8) is 0 Å². The molecule has 33 heavy (non-hydrogen) atoms. The minimum absolute atomic E-state index is 0.0248. The Labute approximate surface area is 195 Å². The van der Waals surface area contributed by atoms with Crippen molar-refractivity contribution in [1.82, 2.24) is 10.2 Å². The first-order chi connectivity index (χ1) is 15.6. The molecular formula is C22H31N3O6S2. The van der Waals surface area contributed by atoms with Gasteiger partial charge in [-0.25, -0.2) is 16.8 Å². The molecule has 0 spiro atoms. The normalized spacial score (nSPS) is 21.2. The molecule has 0 radical (unpaired) electrons. The number of carbonyl (C=O) groups excluding carboxylic acids is 1. The molecule has 182 valence electrons. The van der Waals surface area contributed by atoms with Crippen LogP contribution >= 0.6 is 0 Å². The molecule has 0 aliphatic carbocycles. The number of carbonyl (C=O) groups is 1. The summed E-state index contributed by atoms with van der Waals surface area (Å²) in [6.07, 6.45) is 1.59. The Bertz CT molecular complexity index is 1140. The van der Waals surface area contributed by atoms with Gasteiger partial charge in [0.1, 0.15) is 5.76 Å². The van der Waals surface area contributed by atoms with Gasteiger partial charge in [0.15, 0.2) is 19.7 Å². The largest absolute Gasteiger partial charge is 0.468 e. The predicted octanol–water partition coefficient (Wildman–Crippen LogP) is 1.85. The number of rotatable bonds is 10. The van der Waals surface area contributed by atoms with Gasteiger partial charge in [-0.05, 0) is 49.5 Å². The van der Waals surface area contributed by atoms with Crippen LogP contribution < -0.4 is 10.6 Å². The quantitative estimate of drug-likeness (QED) is 0.509. The van der Waals surface area contributed by atoms with Gasteiger partial charge < -0.3 is 15.1 Å². The van der Waals surface area contributed by atoms with Crippen LogP contribution in [0.25, 0.3) is 0 Å². The van der Waals surface area contributed by atoms with Gasteiger partial charge in [-0.2, -0.15) is 0 Å². The zero-order valence-electron chi connectivity index (χ0n) is 19.0. The highest BCUT2D eigenvalue weighted by Gasteiger charge is 2.46. The average molecular weight is 498 g/mol. The lowest BCUT2D eigenvalue weighted by Crippen LogP contribution is -2.47. The third kappa shape index (κ3) is 6.03. The van der Waals surface area contributed by atoms with Crippen LogP contribution in [0, 0.1) is 0 Å². The van der Waals surface area contributed by atoms with Crippen LogP contribution in [0.2, 0.25) is 0 Å². The summed E-state index contributed by atoms with van der Waals surface area (Å²) in [5.74, 6) is -0.211. The van der Waals surface area contributed by atoms with E-state index in [4.69, 9.17) is 4.42 Å². The first kappa shape index (κ1) is 25.4. The number of nitrogens with zero attached hydrogens (tertiary/aromatic N) is 1. The Morgan fingerprint density at radius 1 is 1.15 bits per heavy atom. The third-order valence-corrected chi connectivity index (χ3v) is 10.1. The summed E-state index contributed by atoms with van der Waals surface area (Å²) in [6.45, 7) is 7.28. The first-order valence-electron chi connectivity index (χ1n) is 10.9. The average Bonchev–Trinajstić information content (AvgIpc) is 3.39. The molecule has 2 heterocycles. The van der Waals surface area contributed by atoms with Crippen molar-refractivity contribution in [1.29, 1.82) is 0 Å². The van der Waals surface area contributed by atoms with Crippen molar-refractivity contribution in [3.05, 3.63) is 48.4 Å². The van der Waals surface area contributed by atoms with E-state index in [1.807, 2.05) is 19.9 Å². The number of nitrogens with one attached hydrogen (secondary N) is 2. The summed E-state index contributed by atoms with van der Waals surface area (Å²) < 4.78 is 57.2. The lowest BCUT2D eigenvalue weighted by atomic mass is 10.1. The topological polar surface area (TPSA) is 126 Å². The summed E-state index contributed by atoms with van der Waals surface area (Å²) in [4.78, 5) is 13.4. The fourth-order valence-electron chi connectivity index (χ4n) is 4.24. The summed E-state index contributed by atoms with van der Waals surface area (Å²) >= 11 is 0. The maximum absolute atomic E-state index is 13.4. The van der Waals surface area contributed by atoms with E-state index in [-0.39, 0.29) is 22.6 Å². The Balaban J connectivity index is 1.83. The zero-order chi connectivity index (χ0) is 24.2. The van der Waals surface area contributed by atoms with Crippen LogP contribution in [0.15, 0.2) is 52.0 Å². The fraction of sp³-hybridized carbons (Fsp3) is 0.500. The smallest absolute Gasteiger partial charge is 0.221 e. The molecule has 1 aromatic carbocycles. The maximum Gasteiger partial charge on any atom is 0.221 e. The molecule has 11 heteroatoms. The van der Waals surface area contributed by atoms with Gasteiger partial charge >= 0.3 is 0 Å². The van der Waals surface area contributed by atoms with Crippen molar-refractivity contribution >= 4 is 31.3 Å². The minimum Gasteiger partial charge on any atom is -0.468 e. The highest BCUT2D eigenvalue weighted by molar-refractivity contribution is 7.96. The predicted molar refractivity (Wildman–Crippen MR) is 127 cm³/mol. The third-order valence-electron chi connectivity index (χ3n) is 5.90. The highest BCUT2D eigenvalue weighted by Crippen LogP contribution is 2.28. The maximum atomic E-state index is 13.4. The number of benzene rings is 1. The lowest BCUT2D eigenvalue weighted by molar-refractivity contribution is -0.114. The Kier molecular flexibility index (Phi) is 7.99. The van der Waals surface area contributed by atoms with Crippen LogP contribution in [0.1, 0.15) is 32.6 Å². The van der Waals surface area contributed by atoms with Gasteiger partial charge in [0.05, 0.1) is 34.0 Å². The monoisotopic (exact) mass is 497 g/mol. The second kappa shape index (κ2) is 10.4. The van der Waals surface area contributed by atoms with E-state index >= 15 is 0 Å². The van der Waals surface area contributed by atoms with Crippen LogP contribution in [0.5, 0.6) is 0 Å². The molecule has 1 unspecified atom stereocenters. The van der Waals surface area contributed by atoms with Crippen LogP contribution in [-0.2, 0) is 24.5 Å². The number of furan rings is 1. The number of anilines is 1. The number of amides is 1. The number of likely N-dealkylation sites (N-methyl/N-ethyl adjacent to an activating group) is 1. The molecule has 1 amide bonds. The van der Waals surface area contributed by atoms with Crippen LogP contribution in [0.3, 0.4) is 0 Å². The van der Waals surface area contributed by atoms with E-state index in [2.05, 4.69) is 15.5 Å². The number of hydrogen-bond acceptors (Lipinski definition) is 8. The molecule has 1 fully saturated rings. The molecule has 1 aliphatic heterocycles. The molecule has 1 saturated heterocycles. The van der Waals surface area contributed by atoms with E-state index in [0.29, 0.717) is 12.2 Å². The second-order valence-corrected chi connectivity index (χ2v) is 12.5. The summed E-state index contributed by atoms with van der Waals surface area (Å²) in [7, 11) is -7.46. The van der Waals surface area contributed by atoms with E-state index in [1.165, 1.54) is 31.2 Å². The molecule has 2 N–H and O–H groups in total. The molecule has 3 rings (SSSR count). The minimum atomic E-state index is -3.93. The van der Waals surface area contributed by atoms with E-state index in [0.717, 1.165) is 18.8 Å². The van der Waals surface area contributed by atoms with E-state index < -0.39 is 36.7 Å². The van der Waals surface area contributed by atoms with Gasteiger partial charge in [-0.3, -0.25) is 9.69 Å². The fourth-order valence-corrected chi connectivity index (χ4v) is 8.95. The van der Waals surface area contributed by atoms with Gasteiger partial charge in [-0.1, -0.05) is 13.8 Å². The van der Waals surface area contributed by atoms with Gasteiger partial charge in [0.25, 0.3) is 0 Å². The van der Waals surface area contributed by atoms with E-state index in [1.54, 1.807) is 12.3 Å². The molecule has 9 nitrogen and oxygen atoms in total. The van der Waals surface area contributed by atoms with Gasteiger partial charge in [0.2, 0.25) is 5.91 Å². The SMILES string of the molecule is CCN(CC)C(CN[C@H]1CS(=O)(=O)C[C@@H]1S(=O)(=O)c1ccc(NC(C)=O)cc1)c1ccco1. The van der Waals surface area contributed by atoms with Crippen molar-refractivity contribution in [2.45, 2.75) is 43.0 Å². The Morgan fingerprint density at radius 3 is 2.36 bits per heavy atom. The van der Waals surface area contributed by atoms with Crippen molar-refractivity contribution in [2.75, 3.05) is 36.5 Å². The standard InChI is InChI=1S/C22H31N3O6S2/c1-4-25(5-2)20(21-7-6-12-31-21)13-23-19-14-32(27,28)15-22(19)33(29,30)18-10-8-17(9-11-18)24-16(3)26/h6-12,19-20,22-23H,4-5,13-15H2,1-3H3,(H,24,26)/t19-,20?,22-/m0/s1. The molecule has 1 aromatic heterocycles. The molecule has 0 bridgehead atoms. The van der Waals surface area contributed by atoms with Crippen molar-refractivity contribution in [2.24, 2.45) is 0 Å². The van der Waals surface area contributed by atoms with E-state index in [9.17, 15) is 21.6 Å². The molecular weight excluding hydrogens is 466 g/mol. The highest BCUT2D eigenvalue weighted by atomic mass is 32.2. The van der Waals surface area contributed by atoms with Crippen molar-refractivity contribution < 1.29 is 26.0 Å².